The summed E-state index contributed by atoms with van der Waals surface area (Å²) in [6.45, 7) is 0. The van der Waals surface area contributed by atoms with Crippen LogP contribution < -0.4 is 10.6 Å². The SMILES string of the molecule is N#Cc1cccc(NC(=O)c2ccc(Nc3c(F)cccc3F)nn2)c1. The number of amides is 1. The third-order valence-electron chi connectivity index (χ3n) is 3.36. The predicted molar refractivity (Wildman–Crippen MR) is 90.8 cm³/mol. The van der Waals surface area contributed by atoms with Crippen LogP contribution in [0.25, 0.3) is 0 Å². The number of anilines is 3. The molecule has 1 heterocycles. The molecule has 1 aromatic heterocycles. The summed E-state index contributed by atoms with van der Waals surface area (Å²) in [5.74, 6) is -2.00. The lowest BCUT2D eigenvalue weighted by Crippen LogP contribution is -2.14. The number of benzene rings is 2. The molecule has 0 spiro atoms. The fraction of sp³-hybridized carbons (Fsp3) is 0. The molecule has 2 N–H and O–H groups in total. The largest absolute Gasteiger partial charge is 0.334 e. The van der Waals surface area contributed by atoms with Crippen molar-refractivity contribution in [2.45, 2.75) is 0 Å². The second-order valence-electron chi connectivity index (χ2n) is 5.17. The predicted octanol–water partition coefficient (Wildman–Crippen LogP) is 3.62. The number of nitrogens with zero attached hydrogens (tertiary/aromatic N) is 3. The van der Waals surface area contributed by atoms with Crippen molar-refractivity contribution in [1.29, 1.82) is 5.26 Å². The zero-order chi connectivity index (χ0) is 18.5. The number of halogens is 2. The van der Waals surface area contributed by atoms with Gasteiger partial charge in [-0.1, -0.05) is 12.1 Å². The summed E-state index contributed by atoms with van der Waals surface area (Å²) >= 11 is 0. The Morgan fingerprint density at radius 1 is 1.00 bits per heavy atom. The number of nitriles is 1. The van der Waals surface area contributed by atoms with Crippen molar-refractivity contribution in [2.24, 2.45) is 0 Å². The fourth-order valence-electron chi connectivity index (χ4n) is 2.13. The van der Waals surface area contributed by atoms with Gasteiger partial charge in [0, 0.05) is 5.69 Å². The number of carbonyl (C=O) groups is 1. The molecule has 1 amide bonds. The molecule has 0 aliphatic carbocycles. The van der Waals surface area contributed by atoms with Gasteiger partial charge in [0.1, 0.15) is 17.3 Å². The zero-order valence-corrected chi connectivity index (χ0v) is 13.2. The first-order valence-corrected chi connectivity index (χ1v) is 7.43. The molecule has 0 saturated heterocycles. The molecule has 0 aliphatic rings. The van der Waals surface area contributed by atoms with Gasteiger partial charge in [-0.2, -0.15) is 5.26 Å². The second-order valence-corrected chi connectivity index (χ2v) is 5.17. The van der Waals surface area contributed by atoms with Crippen molar-refractivity contribution in [1.82, 2.24) is 10.2 Å². The van der Waals surface area contributed by atoms with Gasteiger partial charge in [-0.25, -0.2) is 8.78 Å². The number of aromatic nitrogens is 2. The Morgan fingerprint density at radius 3 is 2.38 bits per heavy atom. The Bertz CT molecular complexity index is 979. The van der Waals surface area contributed by atoms with Gasteiger partial charge in [0.05, 0.1) is 11.6 Å². The summed E-state index contributed by atoms with van der Waals surface area (Å²) in [7, 11) is 0. The van der Waals surface area contributed by atoms with Gasteiger partial charge >= 0.3 is 0 Å². The van der Waals surface area contributed by atoms with E-state index in [1.54, 1.807) is 18.2 Å². The standard InChI is InChI=1S/C18H11F2N5O/c19-13-5-2-6-14(20)17(13)23-16-8-7-15(24-25-16)18(26)22-12-4-1-3-11(9-12)10-21/h1-9H,(H,22,26)(H,23,25). The molecule has 0 aliphatic heterocycles. The van der Waals surface area contributed by atoms with Crippen molar-refractivity contribution in [3.05, 3.63) is 77.5 Å². The van der Waals surface area contributed by atoms with E-state index in [1.165, 1.54) is 24.3 Å². The van der Waals surface area contributed by atoms with E-state index in [4.69, 9.17) is 5.26 Å². The molecular formula is C18H11F2N5O. The Balaban J connectivity index is 1.73. The number of rotatable bonds is 4. The van der Waals surface area contributed by atoms with Gasteiger partial charge in [0.15, 0.2) is 11.5 Å². The van der Waals surface area contributed by atoms with Crippen LogP contribution in [-0.4, -0.2) is 16.1 Å². The average Bonchev–Trinajstić information content (AvgIpc) is 2.65. The summed E-state index contributed by atoms with van der Waals surface area (Å²) in [4.78, 5) is 12.2. The first kappa shape index (κ1) is 17.0. The van der Waals surface area contributed by atoms with Crippen LogP contribution in [0.1, 0.15) is 16.1 Å². The highest BCUT2D eigenvalue weighted by atomic mass is 19.1. The quantitative estimate of drug-likeness (QED) is 0.749. The lowest BCUT2D eigenvalue weighted by molar-refractivity contribution is 0.102. The van der Waals surface area contributed by atoms with E-state index in [9.17, 15) is 13.6 Å². The van der Waals surface area contributed by atoms with Crippen molar-refractivity contribution in [3.63, 3.8) is 0 Å². The molecule has 8 heteroatoms. The lowest BCUT2D eigenvalue weighted by atomic mass is 10.2. The number of nitrogens with one attached hydrogen (secondary N) is 2. The molecule has 0 atom stereocenters. The first-order chi connectivity index (χ1) is 12.6. The fourth-order valence-corrected chi connectivity index (χ4v) is 2.13. The number of carbonyl (C=O) groups excluding carboxylic acids is 1. The molecule has 2 aromatic carbocycles. The monoisotopic (exact) mass is 351 g/mol. The van der Waals surface area contributed by atoms with Crippen molar-refractivity contribution in [2.75, 3.05) is 10.6 Å². The third kappa shape index (κ3) is 3.79. The number of para-hydroxylation sites is 1. The van der Waals surface area contributed by atoms with Gasteiger partial charge in [-0.15, -0.1) is 10.2 Å². The van der Waals surface area contributed by atoms with Crippen LogP contribution in [-0.2, 0) is 0 Å². The molecule has 0 radical (unpaired) electrons. The van der Waals surface area contributed by atoms with Crippen LogP contribution in [0.4, 0.5) is 26.0 Å². The Morgan fingerprint density at radius 2 is 1.73 bits per heavy atom. The first-order valence-electron chi connectivity index (χ1n) is 7.43. The van der Waals surface area contributed by atoms with Gasteiger partial charge in [0.25, 0.3) is 5.91 Å². The second kappa shape index (κ2) is 7.36. The molecule has 0 unspecified atom stereocenters. The summed E-state index contributed by atoms with van der Waals surface area (Å²) in [5.41, 5.74) is 0.492. The summed E-state index contributed by atoms with van der Waals surface area (Å²) in [5, 5.41) is 21.4. The van der Waals surface area contributed by atoms with Crippen molar-refractivity contribution < 1.29 is 13.6 Å². The molecule has 3 aromatic rings. The van der Waals surface area contributed by atoms with E-state index < -0.39 is 17.5 Å². The molecule has 6 nitrogen and oxygen atoms in total. The highest BCUT2D eigenvalue weighted by molar-refractivity contribution is 6.02. The number of hydrogen-bond acceptors (Lipinski definition) is 5. The zero-order valence-electron chi connectivity index (χ0n) is 13.2. The minimum absolute atomic E-state index is 0.00640. The summed E-state index contributed by atoms with van der Waals surface area (Å²) in [6, 6.07) is 14.6. The van der Waals surface area contributed by atoms with Crippen LogP contribution >= 0.6 is 0 Å². The molecule has 0 bridgehead atoms. The highest BCUT2D eigenvalue weighted by Crippen LogP contribution is 2.21. The molecule has 0 saturated carbocycles. The van der Waals surface area contributed by atoms with Crippen LogP contribution in [0.15, 0.2) is 54.6 Å². The molecular weight excluding hydrogens is 340 g/mol. The highest BCUT2D eigenvalue weighted by Gasteiger charge is 2.12. The van der Waals surface area contributed by atoms with Gasteiger partial charge in [-0.3, -0.25) is 4.79 Å². The van der Waals surface area contributed by atoms with E-state index in [2.05, 4.69) is 20.8 Å². The van der Waals surface area contributed by atoms with E-state index in [0.717, 1.165) is 12.1 Å². The van der Waals surface area contributed by atoms with Crippen molar-refractivity contribution >= 4 is 23.1 Å². The molecule has 128 valence electrons. The maximum atomic E-state index is 13.6. The van der Waals surface area contributed by atoms with Gasteiger partial charge < -0.3 is 10.6 Å². The maximum absolute atomic E-state index is 13.6. The van der Waals surface area contributed by atoms with E-state index in [1.807, 2.05) is 6.07 Å². The summed E-state index contributed by atoms with van der Waals surface area (Å²) < 4.78 is 27.2. The topological polar surface area (TPSA) is 90.7 Å². The van der Waals surface area contributed by atoms with Crippen LogP contribution in [0.3, 0.4) is 0 Å². The average molecular weight is 351 g/mol. The molecule has 0 fully saturated rings. The third-order valence-corrected chi connectivity index (χ3v) is 3.36. The Hall–Kier alpha value is -3.86. The van der Waals surface area contributed by atoms with E-state index in [-0.39, 0.29) is 17.2 Å². The summed E-state index contributed by atoms with van der Waals surface area (Å²) in [6.07, 6.45) is 0. The van der Waals surface area contributed by atoms with Gasteiger partial charge in [-0.05, 0) is 42.5 Å². The van der Waals surface area contributed by atoms with Gasteiger partial charge in [0.2, 0.25) is 0 Å². The van der Waals surface area contributed by atoms with Crippen LogP contribution in [0.2, 0.25) is 0 Å². The van der Waals surface area contributed by atoms with E-state index >= 15 is 0 Å². The normalized spacial score (nSPS) is 10.0. The maximum Gasteiger partial charge on any atom is 0.276 e. The van der Waals surface area contributed by atoms with E-state index in [0.29, 0.717) is 11.3 Å². The van der Waals surface area contributed by atoms with Crippen LogP contribution in [0, 0.1) is 23.0 Å². The minimum Gasteiger partial charge on any atom is -0.334 e. The van der Waals surface area contributed by atoms with Crippen LogP contribution in [0.5, 0.6) is 0 Å². The van der Waals surface area contributed by atoms with Crippen molar-refractivity contribution in [3.8, 4) is 6.07 Å². The molecule has 26 heavy (non-hydrogen) atoms. The lowest BCUT2D eigenvalue weighted by Gasteiger charge is -2.08. The smallest absolute Gasteiger partial charge is 0.276 e. The Kier molecular flexibility index (Phi) is 4.80. The molecule has 3 rings (SSSR count). The number of hydrogen-bond donors (Lipinski definition) is 2. The minimum atomic E-state index is -0.772. The Labute approximate surface area is 147 Å².